The monoisotopic (exact) mass is 756 g/mol. The molecule has 0 saturated heterocycles. The topological polar surface area (TPSA) is 170 Å². The number of benzene rings is 2. The van der Waals surface area contributed by atoms with Gasteiger partial charge in [0.15, 0.2) is 0 Å². The van der Waals surface area contributed by atoms with Gasteiger partial charge in [-0.3, -0.25) is 19.2 Å². The van der Waals surface area contributed by atoms with Crippen LogP contribution in [0.4, 0.5) is 0 Å². The molecule has 0 fully saturated rings. The van der Waals surface area contributed by atoms with E-state index in [0.29, 0.717) is 39.3 Å². The zero-order valence-corrected chi connectivity index (χ0v) is 33.4. The SMILES string of the molecule is CCC(c1ccccc1)C(C(=O)NC(C)COC(C)COCCOCC(C)OCC(C)NC(=O)C(C(C)C(=O)O)C(CC)c1ccccc1)C(C)C(=O)O. The van der Waals surface area contributed by atoms with Gasteiger partial charge in [0.25, 0.3) is 0 Å². The Morgan fingerprint density at radius 3 is 1.19 bits per heavy atom. The first-order valence-electron chi connectivity index (χ1n) is 19.3. The molecule has 12 nitrogen and oxygen atoms in total. The van der Waals surface area contributed by atoms with E-state index in [-0.39, 0.29) is 61.2 Å². The quantitative estimate of drug-likeness (QED) is 0.0806. The Kier molecular flexibility index (Phi) is 21.1. The molecule has 0 aliphatic rings. The number of amides is 2. The molecule has 54 heavy (non-hydrogen) atoms. The molecule has 2 aromatic carbocycles. The number of ether oxygens (including phenoxy) is 4. The molecule has 10 unspecified atom stereocenters. The van der Waals surface area contributed by atoms with Crippen LogP contribution in [-0.4, -0.2) is 97.9 Å². The third kappa shape index (κ3) is 15.5. The summed E-state index contributed by atoms with van der Waals surface area (Å²) in [5, 5.41) is 25.5. The average molecular weight is 757 g/mol. The molecule has 0 aromatic heterocycles. The molecule has 0 radical (unpaired) electrons. The number of carbonyl (C=O) groups is 4. The Hall–Kier alpha value is -3.84. The van der Waals surface area contributed by atoms with Crippen LogP contribution < -0.4 is 10.6 Å². The van der Waals surface area contributed by atoms with E-state index < -0.39 is 35.6 Å². The van der Waals surface area contributed by atoms with Crippen molar-refractivity contribution in [2.75, 3.05) is 39.6 Å². The second-order valence-corrected chi connectivity index (χ2v) is 14.4. The first kappa shape index (κ1) is 46.3. The lowest BCUT2D eigenvalue weighted by Gasteiger charge is -2.30. The maximum Gasteiger partial charge on any atom is 0.307 e. The van der Waals surface area contributed by atoms with Gasteiger partial charge in [-0.2, -0.15) is 0 Å². The molecule has 0 saturated carbocycles. The number of carboxylic acid groups (broad SMARTS) is 2. The predicted molar refractivity (Wildman–Crippen MR) is 207 cm³/mol. The highest BCUT2D eigenvalue weighted by Gasteiger charge is 2.38. The minimum Gasteiger partial charge on any atom is -0.481 e. The summed E-state index contributed by atoms with van der Waals surface area (Å²) >= 11 is 0. The number of carboxylic acids is 2. The van der Waals surface area contributed by atoms with E-state index in [4.69, 9.17) is 18.9 Å². The van der Waals surface area contributed by atoms with E-state index in [2.05, 4.69) is 10.6 Å². The van der Waals surface area contributed by atoms with Gasteiger partial charge in [-0.05, 0) is 63.5 Å². The van der Waals surface area contributed by atoms with E-state index in [1.54, 1.807) is 13.8 Å². The number of carbonyl (C=O) groups excluding carboxylic acids is 2. The predicted octanol–water partition coefficient (Wildman–Crippen LogP) is 5.90. The lowest BCUT2D eigenvalue weighted by atomic mass is 9.76. The summed E-state index contributed by atoms with van der Waals surface area (Å²) in [5.74, 6) is -6.31. The van der Waals surface area contributed by atoms with Crippen LogP contribution in [0.5, 0.6) is 0 Å². The van der Waals surface area contributed by atoms with E-state index in [1.165, 1.54) is 0 Å². The van der Waals surface area contributed by atoms with Gasteiger partial charge in [0.2, 0.25) is 11.8 Å². The minimum absolute atomic E-state index is 0.237. The molecule has 4 N–H and O–H groups in total. The smallest absolute Gasteiger partial charge is 0.307 e. The van der Waals surface area contributed by atoms with Crippen molar-refractivity contribution in [3.8, 4) is 0 Å². The minimum atomic E-state index is -1.01. The molecule has 2 aromatic rings. The van der Waals surface area contributed by atoms with Crippen molar-refractivity contribution in [2.24, 2.45) is 23.7 Å². The summed E-state index contributed by atoms with van der Waals surface area (Å²) in [6.07, 6.45) is 0.756. The molecule has 10 atom stereocenters. The van der Waals surface area contributed by atoms with Gasteiger partial charge < -0.3 is 39.8 Å². The van der Waals surface area contributed by atoms with E-state index in [1.807, 2.05) is 102 Å². The van der Waals surface area contributed by atoms with Crippen LogP contribution in [0.25, 0.3) is 0 Å². The molecule has 0 aliphatic carbocycles. The summed E-state index contributed by atoms with van der Waals surface area (Å²) in [6.45, 7) is 16.3. The van der Waals surface area contributed by atoms with E-state index >= 15 is 0 Å². The Morgan fingerprint density at radius 1 is 0.556 bits per heavy atom. The second kappa shape index (κ2) is 24.5. The van der Waals surface area contributed by atoms with Crippen LogP contribution in [0.15, 0.2) is 60.7 Å². The highest BCUT2D eigenvalue weighted by Crippen LogP contribution is 2.35. The van der Waals surface area contributed by atoms with Crippen molar-refractivity contribution in [3.05, 3.63) is 71.8 Å². The number of hydrogen-bond donors (Lipinski definition) is 4. The van der Waals surface area contributed by atoms with Crippen LogP contribution in [-0.2, 0) is 38.1 Å². The lowest BCUT2D eigenvalue weighted by Crippen LogP contribution is -2.45. The molecule has 0 spiro atoms. The van der Waals surface area contributed by atoms with Gasteiger partial charge in [0.05, 0.1) is 75.5 Å². The van der Waals surface area contributed by atoms with Gasteiger partial charge in [-0.25, -0.2) is 0 Å². The number of hydrogen-bond acceptors (Lipinski definition) is 8. The zero-order valence-electron chi connectivity index (χ0n) is 33.4. The molecule has 12 heteroatoms. The summed E-state index contributed by atoms with van der Waals surface area (Å²) in [7, 11) is 0. The van der Waals surface area contributed by atoms with E-state index in [9.17, 15) is 29.4 Å². The van der Waals surface area contributed by atoms with E-state index in [0.717, 1.165) is 11.1 Å². The van der Waals surface area contributed by atoms with Crippen molar-refractivity contribution in [1.29, 1.82) is 0 Å². The number of rotatable bonds is 27. The van der Waals surface area contributed by atoms with Crippen molar-refractivity contribution in [2.45, 2.75) is 104 Å². The van der Waals surface area contributed by atoms with Crippen LogP contribution in [0, 0.1) is 23.7 Å². The molecule has 0 aliphatic heterocycles. The highest BCUT2D eigenvalue weighted by atomic mass is 16.6. The highest BCUT2D eigenvalue weighted by molar-refractivity contribution is 5.86. The van der Waals surface area contributed by atoms with Crippen molar-refractivity contribution in [1.82, 2.24) is 10.6 Å². The largest absolute Gasteiger partial charge is 0.481 e. The first-order chi connectivity index (χ1) is 25.7. The van der Waals surface area contributed by atoms with Crippen LogP contribution in [0.3, 0.4) is 0 Å². The summed E-state index contributed by atoms with van der Waals surface area (Å²) < 4.78 is 23.2. The Labute approximate surface area is 321 Å². The molecule has 302 valence electrons. The van der Waals surface area contributed by atoms with Gasteiger partial charge in [0.1, 0.15) is 0 Å². The van der Waals surface area contributed by atoms with Crippen LogP contribution >= 0.6 is 0 Å². The van der Waals surface area contributed by atoms with Gasteiger partial charge >= 0.3 is 11.9 Å². The maximum atomic E-state index is 13.4. The fraction of sp³-hybridized carbons (Fsp3) is 0.619. The zero-order chi connectivity index (χ0) is 40.2. The molecule has 2 amide bonds. The Balaban J connectivity index is 1.70. The van der Waals surface area contributed by atoms with Crippen molar-refractivity contribution >= 4 is 23.8 Å². The number of nitrogens with one attached hydrogen (secondary N) is 2. The molecular weight excluding hydrogens is 692 g/mol. The normalized spacial score (nSPS) is 17.1. The molecular formula is C42H64N2O10. The lowest BCUT2D eigenvalue weighted by molar-refractivity contribution is -0.147. The third-order valence-corrected chi connectivity index (χ3v) is 9.78. The third-order valence-electron chi connectivity index (χ3n) is 9.78. The van der Waals surface area contributed by atoms with Crippen molar-refractivity contribution < 1.29 is 48.3 Å². The van der Waals surface area contributed by atoms with Gasteiger partial charge in [-0.1, -0.05) is 88.4 Å². The summed E-state index contributed by atoms with van der Waals surface area (Å²) in [6, 6.07) is 18.4. The molecule has 0 bridgehead atoms. The first-order valence-corrected chi connectivity index (χ1v) is 19.3. The standard InChI is InChI=1S/C42H64N2O10/c1-9-35(33-17-13-11-14-18-33)37(31(7)41(47)48)39(45)43-27(3)23-53-29(5)25-51-21-22-52-26-30(6)54-24-28(4)44-40(46)38(32(8)42(49)50)36(10-2)34-19-15-12-16-20-34/h11-20,27-32,35-38H,9-10,21-26H2,1-8H3,(H,43,45)(H,44,46)(H,47,48)(H,49,50). The Bertz CT molecular complexity index is 1290. The Morgan fingerprint density at radius 2 is 0.889 bits per heavy atom. The van der Waals surface area contributed by atoms with Gasteiger partial charge in [-0.15, -0.1) is 0 Å². The molecule has 0 heterocycles. The fourth-order valence-electron chi connectivity index (χ4n) is 6.71. The van der Waals surface area contributed by atoms with Crippen LogP contribution in [0.2, 0.25) is 0 Å². The maximum absolute atomic E-state index is 13.4. The second-order valence-electron chi connectivity index (χ2n) is 14.4. The summed E-state index contributed by atoms with van der Waals surface area (Å²) in [5.41, 5.74) is 1.88. The summed E-state index contributed by atoms with van der Waals surface area (Å²) in [4.78, 5) is 50.6. The molecule has 2 rings (SSSR count). The fourth-order valence-corrected chi connectivity index (χ4v) is 6.71. The van der Waals surface area contributed by atoms with Crippen LogP contribution in [0.1, 0.15) is 91.2 Å². The number of aliphatic carboxylic acids is 2. The average Bonchev–Trinajstić information content (AvgIpc) is 3.15. The van der Waals surface area contributed by atoms with Gasteiger partial charge in [0, 0.05) is 12.1 Å². The van der Waals surface area contributed by atoms with Crippen molar-refractivity contribution in [3.63, 3.8) is 0 Å².